The number of aliphatic imine (C=N–C) groups is 1. The predicted molar refractivity (Wildman–Crippen MR) is 100 cm³/mol. The summed E-state index contributed by atoms with van der Waals surface area (Å²) in [5, 5.41) is 10.1. The Morgan fingerprint density at radius 1 is 1.12 bits per heavy atom. The minimum atomic E-state index is -0.0889. The molecule has 4 aliphatic carbocycles. The number of hydrogen-bond donors (Lipinski definition) is 1. The van der Waals surface area contributed by atoms with Crippen LogP contribution < -0.4 is 0 Å². The highest BCUT2D eigenvalue weighted by Gasteiger charge is 2.58. The lowest BCUT2D eigenvalue weighted by Gasteiger charge is -2.58. The summed E-state index contributed by atoms with van der Waals surface area (Å²) in [6.45, 7) is 7.36. The van der Waals surface area contributed by atoms with E-state index in [1.54, 1.807) is 5.57 Å². The Morgan fingerprint density at radius 2 is 1.92 bits per heavy atom. The van der Waals surface area contributed by atoms with E-state index >= 15 is 0 Å². The van der Waals surface area contributed by atoms with Crippen LogP contribution in [0.15, 0.2) is 16.6 Å². The second kappa shape index (κ2) is 5.69. The van der Waals surface area contributed by atoms with Gasteiger partial charge in [-0.2, -0.15) is 0 Å². The van der Waals surface area contributed by atoms with Crippen LogP contribution in [0.5, 0.6) is 0 Å². The van der Waals surface area contributed by atoms with Crippen molar-refractivity contribution in [2.24, 2.45) is 39.5 Å². The van der Waals surface area contributed by atoms with Gasteiger partial charge in [0.25, 0.3) is 0 Å². The minimum Gasteiger partial charge on any atom is -0.393 e. The van der Waals surface area contributed by atoms with Gasteiger partial charge >= 0.3 is 0 Å². The van der Waals surface area contributed by atoms with E-state index in [0.717, 1.165) is 30.6 Å². The maximum Gasteiger partial charge on any atom is 0.0577 e. The number of aliphatic hydroxyl groups is 1. The Morgan fingerprint density at radius 3 is 2.67 bits per heavy atom. The van der Waals surface area contributed by atoms with Crippen LogP contribution >= 0.6 is 0 Å². The summed E-state index contributed by atoms with van der Waals surface area (Å²) in [5.41, 5.74) is 3.82. The Hall–Kier alpha value is -0.630. The summed E-state index contributed by atoms with van der Waals surface area (Å²) < 4.78 is 0. The van der Waals surface area contributed by atoms with E-state index in [1.807, 2.05) is 7.05 Å². The Kier molecular flexibility index (Phi) is 3.99. The molecule has 0 saturated heterocycles. The standard InChI is InChI=1S/C22H35NO/c1-14(23-4)18-7-8-19-17-6-5-15-13-16(24)9-11-21(15,2)20(17)10-12-22(18,19)3/h5,16-20,24H,6-13H2,1-4H3/b23-14+/t16-,17+,18-,19+,20+,21+,22-/m1/s1. The summed E-state index contributed by atoms with van der Waals surface area (Å²) in [6.07, 6.45) is 12.4. The van der Waals surface area contributed by atoms with Gasteiger partial charge in [-0.05, 0) is 86.9 Å². The van der Waals surface area contributed by atoms with Crippen molar-refractivity contribution in [2.45, 2.75) is 78.2 Å². The van der Waals surface area contributed by atoms with Gasteiger partial charge in [-0.1, -0.05) is 25.5 Å². The highest BCUT2D eigenvalue weighted by Crippen LogP contribution is 2.66. The molecule has 0 aliphatic heterocycles. The van der Waals surface area contributed by atoms with Gasteiger partial charge in [0.05, 0.1) is 6.10 Å². The fraction of sp³-hybridized carbons (Fsp3) is 0.864. The first-order valence-corrected chi connectivity index (χ1v) is 10.2. The van der Waals surface area contributed by atoms with Crippen molar-refractivity contribution in [1.29, 1.82) is 0 Å². The summed E-state index contributed by atoms with van der Waals surface area (Å²) in [5.74, 6) is 3.29. The zero-order chi connectivity index (χ0) is 17.1. The number of fused-ring (bicyclic) bond motifs is 5. The van der Waals surface area contributed by atoms with Crippen molar-refractivity contribution in [3.63, 3.8) is 0 Å². The van der Waals surface area contributed by atoms with E-state index in [-0.39, 0.29) is 6.10 Å². The number of nitrogens with zero attached hydrogens (tertiary/aromatic N) is 1. The number of hydrogen-bond acceptors (Lipinski definition) is 2. The van der Waals surface area contributed by atoms with Crippen LogP contribution in [0.4, 0.5) is 0 Å². The molecule has 1 N–H and O–H groups in total. The predicted octanol–water partition coefficient (Wildman–Crippen LogP) is 5.02. The molecule has 3 fully saturated rings. The Balaban J connectivity index is 1.65. The molecule has 24 heavy (non-hydrogen) atoms. The van der Waals surface area contributed by atoms with Crippen LogP contribution in [0, 0.1) is 34.5 Å². The summed E-state index contributed by atoms with van der Waals surface area (Å²) in [7, 11) is 1.97. The molecule has 0 radical (unpaired) electrons. The molecule has 0 aromatic rings. The molecule has 2 nitrogen and oxygen atoms in total. The van der Waals surface area contributed by atoms with Crippen molar-refractivity contribution in [1.82, 2.24) is 0 Å². The first kappa shape index (κ1) is 16.8. The molecule has 0 aromatic carbocycles. The van der Waals surface area contributed by atoms with Gasteiger partial charge in [-0.3, -0.25) is 4.99 Å². The van der Waals surface area contributed by atoms with E-state index in [0.29, 0.717) is 16.7 Å². The molecule has 0 spiro atoms. The lowest BCUT2D eigenvalue weighted by atomic mass is 9.47. The molecule has 0 unspecified atom stereocenters. The molecule has 3 saturated carbocycles. The summed E-state index contributed by atoms with van der Waals surface area (Å²) >= 11 is 0. The van der Waals surface area contributed by atoms with Gasteiger partial charge < -0.3 is 5.11 Å². The molecular weight excluding hydrogens is 294 g/mol. The van der Waals surface area contributed by atoms with Crippen LogP contribution in [-0.4, -0.2) is 24.0 Å². The van der Waals surface area contributed by atoms with Gasteiger partial charge in [0.1, 0.15) is 0 Å². The third-order valence-corrected chi connectivity index (χ3v) is 8.93. The van der Waals surface area contributed by atoms with Gasteiger partial charge in [0.15, 0.2) is 0 Å². The summed E-state index contributed by atoms with van der Waals surface area (Å²) in [6, 6.07) is 0. The average molecular weight is 330 g/mol. The van der Waals surface area contributed by atoms with Crippen molar-refractivity contribution in [2.75, 3.05) is 7.05 Å². The maximum atomic E-state index is 10.1. The van der Waals surface area contributed by atoms with E-state index in [4.69, 9.17) is 0 Å². The van der Waals surface area contributed by atoms with Crippen molar-refractivity contribution in [3.05, 3.63) is 11.6 Å². The molecular formula is C22H35NO. The van der Waals surface area contributed by atoms with E-state index < -0.39 is 0 Å². The van der Waals surface area contributed by atoms with Gasteiger partial charge in [0, 0.05) is 18.7 Å². The second-order valence-corrected chi connectivity index (χ2v) is 9.70. The molecule has 2 heteroatoms. The quantitative estimate of drug-likeness (QED) is 0.532. The Bertz CT molecular complexity index is 579. The van der Waals surface area contributed by atoms with Gasteiger partial charge in [-0.15, -0.1) is 0 Å². The zero-order valence-corrected chi connectivity index (χ0v) is 16.0. The maximum absolute atomic E-state index is 10.1. The topological polar surface area (TPSA) is 32.6 Å². The third-order valence-electron chi connectivity index (χ3n) is 8.93. The van der Waals surface area contributed by atoms with E-state index in [2.05, 4.69) is 31.8 Å². The molecule has 7 atom stereocenters. The fourth-order valence-electron chi connectivity index (χ4n) is 7.48. The first-order chi connectivity index (χ1) is 11.4. The second-order valence-electron chi connectivity index (χ2n) is 9.70. The van der Waals surface area contributed by atoms with E-state index in [1.165, 1.54) is 44.2 Å². The molecule has 0 aromatic heterocycles. The number of allylic oxidation sites excluding steroid dienone is 1. The van der Waals surface area contributed by atoms with Crippen LogP contribution in [-0.2, 0) is 0 Å². The van der Waals surface area contributed by atoms with Gasteiger partial charge in [-0.25, -0.2) is 0 Å². The average Bonchev–Trinajstić information content (AvgIpc) is 2.92. The van der Waals surface area contributed by atoms with Crippen LogP contribution in [0.25, 0.3) is 0 Å². The van der Waals surface area contributed by atoms with Gasteiger partial charge in [0.2, 0.25) is 0 Å². The molecule has 0 bridgehead atoms. The van der Waals surface area contributed by atoms with Crippen molar-refractivity contribution < 1.29 is 5.11 Å². The highest BCUT2D eigenvalue weighted by molar-refractivity contribution is 5.85. The molecule has 134 valence electrons. The first-order valence-electron chi connectivity index (χ1n) is 10.2. The SMILES string of the molecule is C/N=C(\C)[C@H]1CC[C@H]2[C@@H]3CC=C4C[C@H](O)CC[C@]4(C)[C@H]3CC[C@]12C. The van der Waals surface area contributed by atoms with E-state index in [9.17, 15) is 5.11 Å². The van der Waals surface area contributed by atoms with Crippen LogP contribution in [0.3, 0.4) is 0 Å². The fourth-order valence-corrected chi connectivity index (χ4v) is 7.48. The molecule has 4 aliphatic rings. The lowest BCUT2D eigenvalue weighted by Crippen LogP contribution is -2.50. The van der Waals surface area contributed by atoms with Crippen molar-refractivity contribution in [3.8, 4) is 0 Å². The number of rotatable bonds is 1. The zero-order valence-electron chi connectivity index (χ0n) is 16.0. The molecule has 0 heterocycles. The third kappa shape index (κ3) is 2.21. The normalized spacial score (nSPS) is 51.5. The van der Waals surface area contributed by atoms with Crippen molar-refractivity contribution >= 4 is 5.71 Å². The largest absolute Gasteiger partial charge is 0.393 e. The molecule has 4 rings (SSSR count). The highest BCUT2D eigenvalue weighted by atomic mass is 16.3. The summed E-state index contributed by atoms with van der Waals surface area (Å²) in [4.78, 5) is 4.58. The minimum absolute atomic E-state index is 0.0889. The monoisotopic (exact) mass is 329 g/mol. The van der Waals surface area contributed by atoms with Crippen LogP contribution in [0.2, 0.25) is 0 Å². The lowest BCUT2D eigenvalue weighted by molar-refractivity contribution is -0.0423. The molecule has 0 amide bonds. The number of aliphatic hydroxyl groups excluding tert-OH is 1. The van der Waals surface area contributed by atoms with Crippen LogP contribution in [0.1, 0.15) is 72.1 Å². The Labute approximate surface area is 147 Å². The smallest absolute Gasteiger partial charge is 0.0577 e.